The van der Waals surface area contributed by atoms with Gasteiger partial charge in [0.05, 0.1) is 6.61 Å². The minimum absolute atomic E-state index is 0.124. The van der Waals surface area contributed by atoms with Gasteiger partial charge in [-0.1, -0.05) is 52.3 Å². The molecule has 0 fully saturated rings. The summed E-state index contributed by atoms with van der Waals surface area (Å²) >= 11 is 3.48. The molecule has 2 aromatic carbocycles. The van der Waals surface area contributed by atoms with E-state index in [1.165, 1.54) is 6.07 Å². The predicted molar refractivity (Wildman–Crippen MR) is 84.1 cm³/mol. The van der Waals surface area contributed by atoms with E-state index in [1.54, 1.807) is 6.07 Å². The Labute approximate surface area is 127 Å². The van der Waals surface area contributed by atoms with Crippen molar-refractivity contribution in [1.29, 1.82) is 0 Å². The average Bonchev–Trinajstić information content (AvgIpc) is 2.50. The Morgan fingerprint density at radius 2 is 1.70 bits per heavy atom. The molecule has 0 amide bonds. The van der Waals surface area contributed by atoms with Crippen molar-refractivity contribution in [2.75, 3.05) is 11.9 Å². The molecule has 0 aliphatic heterocycles. The van der Waals surface area contributed by atoms with E-state index in [4.69, 9.17) is 4.74 Å². The first-order chi connectivity index (χ1) is 9.81. The standard InChI is InChI=1S/C17H18BrFO/c18-13-14(16-10-4-5-11-17(16)19)7-6-12-20-15-8-2-1-3-9-15/h1-5,8-11,14H,6-7,12-13H2. The van der Waals surface area contributed by atoms with Crippen LogP contribution in [0.15, 0.2) is 54.6 Å². The Kier molecular flexibility index (Phi) is 6.06. The maximum absolute atomic E-state index is 13.7. The van der Waals surface area contributed by atoms with E-state index in [2.05, 4.69) is 15.9 Å². The summed E-state index contributed by atoms with van der Waals surface area (Å²) < 4.78 is 19.4. The van der Waals surface area contributed by atoms with Gasteiger partial charge in [0.1, 0.15) is 11.6 Å². The zero-order valence-corrected chi connectivity index (χ0v) is 12.9. The number of ether oxygens (including phenoxy) is 1. The lowest BCUT2D eigenvalue weighted by Gasteiger charge is -2.15. The summed E-state index contributed by atoms with van der Waals surface area (Å²) in [5.41, 5.74) is 0.782. The normalized spacial score (nSPS) is 12.1. The van der Waals surface area contributed by atoms with Crippen molar-refractivity contribution in [2.45, 2.75) is 18.8 Å². The highest BCUT2D eigenvalue weighted by Crippen LogP contribution is 2.25. The van der Waals surface area contributed by atoms with Crippen LogP contribution in [0.1, 0.15) is 24.3 Å². The predicted octanol–water partition coefficient (Wildman–Crippen LogP) is 5.16. The molecule has 20 heavy (non-hydrogen) atoms. The summed E-state index contributed by atoms with van der Waals surface area (Å²) in [4.78, 5) is 0. The summed E-state index contributed by atoms with van der Waals surface area (Å²) in [5.74, 6) is 0.949. The molecule has 0 saturated carbocycles. The fraction of sp³-hybridized carbons (Fsp3) is 0.294. The lowest BCUT2D eigenvalue weighted by atomic mass is 9.96. The largest absolute Gasteiger partial charge is 0.494 e. The van der Waals surface area contributed by atoms with E-state index in [-0.39, 0.29) is 11.7 Å². The van der Waals surface area contributed by atoms with Crippen LogP contribution in [-0.4, -0.2) is 11.9 Å². The monoisotopic (exact) mass is 336 g/mol. The molecular weight excluding hydrogens is 319 g/mol. The molecule has 1 atom stereocenters. The molecule has 0 heterocycles. The number of rotatable bonds is 7. The molecule has 0 radical (unpaired) electrons. The second-order valence-corrected chi connectivity index (χ2v) is 5.32. The van der Waals surface area contributed by atoms with Crippen molar-refractivity contribution in [2.24, 2.45) is 0 Å². The van der Waals surface area contributed by atoms with E-state index in [0.717, 1.165) is 29.5 Å². The van der Waals surface area contributed by atoms with Gasteiger partial charge in [-0.05, 0) is 42.5 Å². The number of halogens is 2. The van der Waals surface area contributed by atoms with Crippen molar-refractivity contribution >= 4 is 15.9 Å². The number of hydrogen-bond donors (Lipinski definition) is 0. The number of alkyl halides is 1. The van der Waals surface area contributed by atoms with Gasteiger partial charge in [0.25, 0.3) is 0 Å². The highest BCUT2D eigenvalue weighted by Gasteiger charge is 2.13. The van der Waals surface area contributed by atoms with Gasteiger partial charge in [-0.15, -0.1) is 0 Å². The molecule has 2 rings (SSSR count). The van der Waals surface area contributed by atoms with E-state index in [1.807, 2.05) is 42.5 Å². The maximum Gasteiger partial charge on any atom is 0.126 e. The molecule has 0 N–H and O–H groups in total. The Morgan fingerprint density at radius 1 is 1.00 bits per heavy atom. The summed E-state index contributed by atoms with van der Waals surface area (Å²) in [6.45, 7) is 0.655. The lowest BCUT2D eigenvalue weighted by molar-refractivity contribution is 0.302. The molecule has 106 valence electrons. The summed E-state index contributed by atoms with van der Waals surface area (Å²) in [5, 5.41) is 0.763. The Morgan fingerprint density at radius 3 is 2.40 bits per heavy atom. The molecule has 0 spiro atoms. The summed E-state index contributed by atoms with van der Waals surface area (Å²) in [6.07, 6.45) is 1.80. The molecule has 1 unspecified atom stereocenters. The first-order valence-corrected chi connectivity index (χ1v) is 7.91. The second kappa shape index (κ2) is 8.05. The minimum Gasteiger partial charge on any atom is -0.494 e. The van der Waals surface area contributed by atoms with Crippen LogP contribution >= 0.6 is 15.9 Å². The third kappa shape index (κ3) is 4.34. The van der Waals surface area contributed by atoms with E-state index < -0.39 is 0 Å². The van der Waals surface area contributed by atoms with Crippen molar-refractivity contribution in [3.8, 4) is 5.75 Å². The van der Waals surface area contributed by atoms with Crippen LogP contribution in [0.25, 0.3) is 0 Å². The number of benzene rings is 2. The smallest absolute Gasteiger partial charge is 0.126 e. The van der Waals surface area contributed by atoms with Crippen LogP contribution in [0.2, 0.25) is 0 Å². The van der Waals surface area contributed by atoms with Crippen LogP contribution < -0.4 is 4.74 Å². The van der Waals surface area contributed by atoms with Crippen LogP contribution in [-0.2, 0) is 0 Å². The van der Waals surface area contributed by atoms with Crippen molar-refractivity contribution in [1.82, 2.24) is 0 Å². The van der Waals surface area contributed by atoms with Crippen LogP contribution in [0.4, 0.5) is 4.39 Å². The summed E-state index contributed by atoms with van der Waals surface area (Å²) in [6, 6.07) is 16.7. The molecule has 0 bridgehead atoms. The van der Waals surface area contributed by atoms with Crippen molar-refractivity contribution < 1.29 is 9.13 Å². The molecular formula is C17H18BrFO. The minimum atomic E-state index is -0.124. The third-order valence-electron chi connectivity index (χ3n) is 3.24. The molecule has 0 aromatic heterocycles. The van der Waals surface area contributed by atoms with Crippen molar-refractivity contribution in [3.05, 3.63) is 66.0 Å². The number of hydrogen-bond acceptors (Lipinski definition) is 1. The SMILES string of the molecule is Fc1ccccc1C(CBr)CCCOc1ccccc1. The quantitative estimate of drug-likeness (QED) is 0.501. The highest BCUT2D eigenvalue weighted by atomic mass is 79.9. The van der Waals surface area contributed by atoms with Gasteiger partial charge in [-0.2, -0.15) is 0 Å². The fourth-order valence-electron chi connectivity index (χ4n) is 2.16. The maximum atomic E-state index is 13.7. The topological polar surface area (TPSA) is 9.23 Å². The van der Waals surface area contributed by atoms with E-state index >= 15 is 0 Å². The first kappa shape index (κ1) is 15.0. The Hall–Kier alpha value is -1.35. The molecule has 0 aliphatic carbocycles. The van der Waals surface area contributed by atoms with Gasteiger partial charge in [-0.3, -0.25) is 0 Å². The number of para-hydroxylation sites is 1. The van der Waals surface area contributed by atoms with Gasteiger partial charge < -0.3 is 4.74 Å². The van der Waals surface area contributed by atoms with Crippen LogP contribution in [0.5, 0.6) is 5.75 Å². The third-order valence-corrected chi connectivity index (χ3v) is 4.02. The molecule has 0 saturated heterocycles. The van der Waals surface area contributed by atoms with Crippen LogP contribution in [0.3, 0.4) is 0 Å². The molecule has 3 heteroatoms. The molecule has 0 aliphatic rings. The highest BCUT2D eigenvalue weighted by molar-refractivity contribution is 9.09. The second-order valence-electron chi connectivity index (χ2n) is 4.68. The van der Waals surface area contributed by atoms with Crippen LogP contribution in [0, 0.1) is 5.82 Å². The zero-order valence-electron chi connectivity index (χ0n) is 11.3. The van der Waals surface area contributed by atoms with E-state index in [9.17, 15) is 4.39 Å². The van der Waals surface area contributed by atoms with Gasteiger partial charge in [0.2, 0.25) is 0 Å². The summed E-state index contributed by atoms with van der Waals surface area (Å²) in [7, 11) is 0. The fourth-order valence-corrected chi connectivity index (χ4v) is 2.83. The van der Waals surface area contributed by atoms with Crippen molar-refractivity contribution in [3.63, 3.8) is 0 Å². The molecule has 1 nitrogen and oxygen atoms in total. The Bertz CT molecular complexity index is 515. The first-order valence-electron chi connectivity index (χ1n) is 6.79. The molecule has 2 aromatic rings. The van der Waals surface area contributed by atoms with Gasteiger partial charge >= 0.3 is 0 Å². The van der Waals surface area contributed by atoms with Gasteiger partial charge in [0.15, 0.2) is 0 Å². The Balaban J connectivity index is 1.81. The lowest BCUT2D eigenvalue weighted by Crippen LogP contribution is -2.06. The van der Waals surface area contributed by atoms with Gasteiger partial charge in [0, 0.05) is 5.33 Å². The zero-order chi connectivity index (χ0) is 14.2. The average molecular weight is 337 g/mol. The van der Waals surface area contributed by atoms with Gasteiger partial charge in [-0.25, -0.2) is 4.39 Å². The van der Waals surface area contributed by atoms with E-state index in [0.29, 0.717) is 6.61 Å².